The van der Waals surface area contributed by atoms with Gasteiger partial charge in [-0.3, -0.25) is 14.4 Å². The van der Waals surface area contributed by atoms with Crippen LogP contribution in [0.15, 0.2) is 53.3 Å². The number of benzene rings is 2. The zero-order valence-electron chi connectivity index (χ0n) is 24.4. The van der Waals surface area contributed by atoms with Crippen molar-refractivity contribution in [2.45, 2.75) is 37.8 Å². The summed E-state index contributed by atoms with van der Waals surface area (Å²) in [5, 5.41) is 13.8. The van der Waals surface area contributed by atoms with E-state index in [4.69, 9.17) is 44.5 Å². The minimum absolute atomic E-state index is 0.00772. The number of aromatic nitrogens is 3. The highest BCUT2D eigenvalue weighted by molar-refractivity contribution is 6.39. The lowest BCUT2D eigenvalue weighted by Gasteiger charge is -2.20. The van der Waals surface area contributed by atoms with Crippen LogP contribution in [0.4, 0.5) is 5.69 Å². The lowest BCUT2D eigenvalue weighted by molar-refractivity contribution is -0.119. The van der Waals surface area contributed by atoms with Gasteiger partial charge in [0.15, 0.2) is 5.15 Å². The molecule has 1 aliphatic heterocycles. The van der Waals surface area contributed by atoms with Gasteiger partial charge in [-0.2, -0.15) is 5.10 Å². The molecule has 3 N–H and O–H groups in total. The van der Waals surface area contributed by atoms with Crippen LogP contribution < -0.4 is 26.2 Å². The molecule has 1 saturated heterocycles. The summed E-state index contributed by atoms with van der Waals surface area (Å²) in [6.07, 6.45) is 3.12. The number of aryl methyl sites for hydroxylation is 2. The van der Waals surface area contributed by atoms with Crippen LogP contribution >= 0.6 is 34.8 Å². The third-order valence-electron chi connectivity index (χ3n) is 8.14. The maximum absolute atomic E-state index is 13.0. The molecule has 3 heterocycles. The molecule has 2 aromatic heterocycles. The Balaban J connectivity index is 1.29. The number of rotatable bonds is 8. The molecule has 13 heteroatoms. The topological polar surface area (TPSA) is 127 Å². The van der Waals surface area contributed by atoms with Gasteiger partial charge in [0.2, 0.25) is 11.8 Å². The van der Waals surface area contributed by atoms with Crippen molar-refractivity contribution >= 4 is 52.3 Å². The highest BCUT2D eigenvalue weighted by Crippen LogP contribution is 2.44. The molecular weight excluding hydrogens is 639 g/mol. The van der Waals surface area contributed by atoms with Crippen molar-refractivity contribution in [3.05, 3.63) is 90.8 Å². The van der Waals surface area contributed by atoms with E-state index in [1.165, 1.54) is 13.1 Å². The molecule has 2 aromatic carbocycles. The SMILES string of the molecule is COc1nc(-c2cccc(-c3cccc(NC(=O)c4cc(Cl)nn(C)c4=O)c3Cl)c2Cl)cc2c1[C@@H](NC[C@@H]1CCC(=O)N1)CC2. The van der Waals surface area contributed by atoms with Gasteiger partial charge in [0, 0.05) is 54.4 Å². The molecule has 10 nitrogen and oxygen atoms in total. The van der Waals surface area contributed by atoms with E-state index >= 15 is 0 Å². The Morgan fingerprint density at radius 2 is 1.76 bits per heavy atom. The Labute approximate surface area is 274 Å². The number of nitrogens with one attached hydrogen (secondary N) is 3. The normalized spacial score (nSPS) is 17.2. The molecule has 6 rings (SSSR count). The summed E-state index contributed by atoms with van der Waals surface area (Å²) in [6.45, 7) is 0.682. The number of ether oxygens (including phenoxy) is 1. The first-order chi connectivity index (χ1) is 21.6. The van der Waals surface area contributed by atoms with Crippen molar-refractivity contribution in [2.24, 2.45) is 7.05 Å². The molecule has 45 heavy (non-hydrogen) atoms. The zero-order chi connectivity index (χ0) is 31.8. The van der Waals surface area contributed by atoms with E-state index in [9.17, 15) is 14.4 Å². The molecule has 2 amide bonds. The molecule has 0 spiro atoms. The van der Waals surface area contributed by atoms with Gasteiger partial charge in [0.1, 0.15) is 5.56 Å². The van der Waals surface area contributed by atoms with Crippen LogP contribution in [0.2, 0.25) is 15.2 Å². The molecular formula is C32H29Cl3N6O4. The van der Waals surface area contributed by atoms with E-state index in [0.29, 0.717) is 51.9 Å². The lowest BCUT2D eigenvalue weighted by atomic mass is 9.99. The number of fused-ring (bicyclic) bond motifs is 1. The first-order valence-electron chi connectivity index (χ1n) is 14.4. The number of carbonyl (C=O) groups excluding carboxylic acids is 2. The maximum atomic E-state index is 13.0. The van der Waals surface area contributed by atoms with E-state index in [1.54, 1.807) is 25.3 Å². The molecule has 2 aliphatic rings. The van der Waals surface area contributed by atoms with Crippen molar-refractivity contribution in [1.82, 2.24) is 25.4 Å². The Morgan fingerprint density at radius 1 is 1.02 bits per heavy atom. The second-order valence-electron chi connectivity index (χ2n) is 11.0. The van der Waals surface area contributed by atoms with Gasteiger partial charge in [-0.15, -0.1) is 0 Å². The van der Waals surface area contributed by atoms with Gasteiger partial charge in [-0.05, 0) is 43.0 Å². The van der Waals surface area contributed by atoms with Crippen LogP contribution in [0.5, 0.6) is 5.88 Å². The van der Waals surface area contributed by atoms with Crippen LogP contribution in [0.3, 0.4) is 0 Å². The van der Waals surface area contributed by atoms with Crippen LogP contribution in [0.25, 0.3) is 22.4 Å². The third-order valence-corrected chi connectivity index (χ3v) is 9.14. The molecule has 0 unspecified atom stereocenters. The quantitative estimate of drug-likeness (QED) is 0.224. The van der Waals surface area contributed by atoms with Gasteiger partial charge < -0.3 is 20.7 Å². The summed E-state index contributed by atoms with van der Waals surface area (Å²) in [6, 6.07) is 14.2. The summed E-state index contributed by atoms with van der Waals surface area (Å²) in [5.74, 6) is -0.0506. The lowest BCUT2D eigenvalue weighted by Crippen LogP contribution is -2.36. The third kappa shape index (κ3) is 6.15. The van der Waals surface area contributed by atoms with E-state index in [2.05, 4.69) is 21.0 Å². The molecule has 0 radical (unpaired) electrons. The molecule has 1 aliphatic carbocycles. The van der Waals surface area contributed by atoms with Crippen LogP contribution in [-0.4, -0.2) is 46.3 Å². The first-order valence-corrected chi connectivity index (χ1v) is 15.5. The zero-order valence-corrected chi connectivity index (χ0v) is 26.7. The van der Waals surface area contributed by atoms with Crippen molar-refractivity contribution in [3.8, 4) is 28.3 Å². The summed E-state index contributed by atoms with van der Waals surface area (Å²) in [5.41, 5.74) is 4.25. The molecule has 0 saturated carbocycles. The Morgan fingerprint density at radius 3 is 2.49 bits per heavy atom. The van der Waals surface area contributed by atoms with Gasteiger partial charge in [0.25, 0.3) is 11.5 Å². The van der Waals surface area contributed by atoms with Crippen LogP contribution in [0, 0.1) is 0 Å². The summed E-state index contributed by atoms with van der Waals surface area (Å²) < 4.78 is 6.76. The monoisotopic (exact) mass is 666 g/mol. The van der Waals surface area contributed by atoms with Crippen molar-refractivity contribution < 1.29 is 14.3 Å². The molecule has 232 valence electrons. The fourth-order valence-electron chi connectivity index (χ4n) is 5.92. The predicted octanol–water partition coefficient (Wildman–Crippen LogP) is 5.59. The van der Waals surface area contributed by atoms with Gasteiger partial charge in [0.05, 0.1) is 28.5 Å². The minimum atomic E-state index is -0.672. The number of hydrogen-bond donors (Lipinski definition) is 3. The predicted molar refractivity (Wildman–Crippen MR) is 174 cm³/mol. The second kappa shape index (κ2) is 12.8. The molecule has 4 aromatic rings. The van der Waals surface area contributed by atoms with Crippen LogP contribution in [0.1, 0.15) is 46.8 Å². The number of halogens is 3. The summed E-state index contributed by atoms with van der Waals surface area (Å²) in [7, 11) is 3.01. The van der Waals surface area contributed by atoms with E-state index in [-0.39, 0.29) is 33.7 Å². The Bertz CT molecular complexity index is 1900. The molecule has 1 fully saturated rings. The van der Waals surface area contributed by atoms with Crippen LogP contribution in [-0.2, 0) is 18.3 Å². The number of amides is 2. The number of anilines is 1. The number of pyridine rings is 1. The van der Waals surface area contributed by atoms with Gasteiger partial charge >= 0.3 is 0 Å². The van der Waals surface area contributed by atoms with Crippen molar-refractivity contribution in [1.29, 1.82) is 0 Å². The maximum Gasteiger partial charge on any atom is 0.279 e. The van der Waals surface area contributed by atoms with Crippen molar-refractivity contribution in [3.63, 3.8) is 0 Å². The Kier molecular flexibility index (Phi) is 8.83. The fraction of sp³-hybridized carbons (Fsp3) is 0.281. The Hall–Kier alpha value is -3.96. The number of methoxy groups -OCH3 is 1. The summed E-state index contributed by atoms with van der Waals surface area (Å²) in [4.78, 5) is 41.9. The second-order valence-corrected chi connectivity index (χ2v) is 12.1. The van der Waals surface area contributed by atoms with Gasteiger partial charge in [-0.1, -0.05) is 65.1 Å². The fourth-order valence-corrected chi connectivity index (χ4v) is 6.74. The van der Waals surface area contributed by atoms with E-state index in [0.717, 1.165) is 35.1 Å². The van der Waals surface area contributed by atoms with E-state index in [1.807, 2.05) is 24.3 Å². The number of carbonyl (C=O) groups is 2. The average molecular weight is 668 g/mol. The van der Waals surface area contributed by atoms with Crippen molar-refractivity contribution in [2.75, 3.05) is 19.0 Å². The smallest absolute Gasteiger partial charge is 0.279 e. The summed E-state index contributed by atoms with van der Waals surface area (Å²) >= 11 is 19.8. The highest BCUT2D eigenvalue weighted by atomic mass is 35.5. The largest absolute Gasteiger partial charge is 0.481 e. The van der Waals surface area contributed by atoms with Gasteiger partial charge in [-0.25, -0.2) is 9.67 Å². The molecule has 2 atom stereocenters. The molecule has 0 bridgehead atoms. The standard InChI is InChI=1S/C32H29Cl3N6O4/c1-41-32(44)21(14-25(33)40-41)30(43)38-23-8-4-6-19(29(23)35)18-5-3-7-20(28(18)34)24-13-16-9-11-22(27(16)31(39-24)45-2)36-15-17-10-12-26(42)37-17/h3-8,13-14,17,22,36H,9-12,15H2,1-2H3,(H,37,42)(H,38,43)/t17-,22-/m0/s1. The first kappa shape index (κ1) is 31.0. The number of nitrogens with zero attached hydrogens (tertiary/aromatic N) is 3. The highest BCUT2D eigenvalue weighted by Gasteiger charge is 2.30. The number of hydrogen-bond acceptors (Lipinski definition) is 7. The van der Waals surface area contributed by atoms with E-state index < -0.39 is 11.5 Å². The minimum Gasteiger partial charge on any atom is -0.481 e. The average Bonchev–Trinajstić information content (AvgIpc) is 3.64.